The van der Waals surface area contributed by atoms with Crippen LogP contribution >= 0.6 is 0 Å². The first kappa shape index (κ1) is 18.0. The van der Waals surface area contributed by atoms with Crippen molar-refractivity contribution in [1.29, 1.82) is 0 Å². The van der Waals surface area contributed by atoms with Crippen molar-refractivity contribution >= 4 is 35.0 Å². The molecule has 3 aromatic rings. The molecular formula is C24H16N2O4. The molecule has 2 aliphatic heterocycles. The summed E-state index contributed by atoms with van der Waals surface area (Å²) in [4.78, 5) is 53.7. The van der Waals surface area contributed by atoms with Crippen molar-refractivity contribution in [2.75, 3.05) is 9.80 Å². The first-order chi connectivity index (χ1) is 14.4. The molecule has 0 atom stereocenters. The van der Waals surface area contributed by atoms with Gasteiger partial charge in [0.05, 0.1) is 33.6 Å². The van der Waals surface area contributed by atoms with E-state index in [9.17, 15) is 19.2 Å². The molecule has 0 bridgehead atoms. The van der Waals surface area contributed by atoms with Gasteiger partial charge in [-0.15, -0.1) is 0 Å². The van der Waals surface area contributed by atoms with Gasteiger partial charge in [0.25, 0.3) is 23.6 Å². The third kappa shape index (κ3) is 2.43. The van der Waals surface area contributed by atoms with E-state index in [4.69, 9.17) is 0 Å². The van der Waals surface area contributed by atoms with Crippen LogP contribution in [0.4, 0.5) is 11.4 Å². The molecule has 3 aromatic carbocycles. The van der Waals surface area contributed by atoms with E-state index in [-0.39, 0.29) is 0 Å². The molecule has 0 radical (unpaired) electrons. The quantitative estimate of drug-likeness (QED) is 0.616. The van der Waals surface area contributed by atoms with E-state index in [0.717, 1.165) is 20.9 Å². The minimum Gasteiger partial charge on any atom is -0.268 e. The van der Waals surface area contributed by atoms with Gasteiger partial charge in [-0.2, -0.15) is 0 Å². The largest absolute Gasteiger partial charge is 0.268 e. The van der Waals surface area contributed by atoms with E-state index in [0.29, 0.717) is 33.6 Å². The number of hydrogen-bond acceptors (Lipinski definition) is 4. The minimum absolute atomic E-state index is 0.309. The maximum absolute atomic E-state index is 12.9. The average Bonchev–Trinajstić information content (AvgIpc) is 3.12. The number of carbonyl (C=O) groups is 4. The van der Waals surface area contributed by atoms with E-state index in [1.165, 1.54) is 6.07 Å². The Labute approximate surface area is 172 Å². The summed E-state index contributed by atoms with van der Waals surface area (Å²) < 4.78 is 0. The molecule has 0 unspecified atom stereocenters. The van der Waals surface area contributed by atoms with Gasteiger partial charge in [-0.1, -0.05) is 29.3 Å². The minimum atomic E-state index is -0.426. The van der Waals surface area contributed by atoms with Crippen molar-refractivity contribution in [1.82, 2.24) is 0 Å². The number of fused-ring (bicyclic) bond motifs is 2. The Morgan fingerprint density at radius 3 is 1.33 bits per heavy atom. The number of anilines is 2. The maximum Gasteiger partial charge on any atom is 0.266 e. The topological polar surface area (TPSA) is 74.8 Å². The molecule has 0 fully saturated rings. The first-order valence-corrected chi connectivity index (χ1v) is 9.46. The molecule has 0 spiro atoms. The lowest BCUT2D eigenvalue weighted by molar-refractivity contribution is 0.0912. The molecule has 2 heterocycles. The molecule has 146 valence electrons. The van der Waals surface area contributed by atoms with Gasteiger partial charge in [0.1, 0.15) is 0 Å². The molecule has 6 heteroatoms. The van der Waals surface area contributed by atoms with Crippen LogP contribution in [0.15, 0.2) is 60.7 Å². The number of nitrogens with zero attached hydrogens (tertiary/aromatic N) is 2. The molecule has 0 N–H and O–H groups in total. The summed E-state index contributed by atoms with van der Waals surface area (Å²) in [6.45, 7) is 3.70. The van der Waals surface area contributed by atoms with E-state index in [2.05, 4.69) is 0 Å². The van der Waals surface area contributed by atoms with Crippen LogP contribution in [0.5, 0.6) is 0 Å². The second-order valence-corrected chi connectivity index (χ2v) is 7.51. The molecule has 0 aliphatic carbocycles. The van der Waals surface area contributed by atoms with Gasteiger partial charge in [0.2, 0.25) is 0 Å². The molecule has 4 amide bonds. The standard InChI is InChI=1S/C24H16N2O4/c1-13-6-8-17-19(10-13)23(29)25(21(17)27)15-4-3-5-16(12-15)26-22(28)18-9-7-14(2)11-20(18)24(26)30/h3-12H,1-2H3. The fourth-order valence-corrected chi connectivity index (χ4v) is 3.95. The Morgan fingerprint density at radius 2 is 0.900 bits per heavy atom. The number of aryl methyl sites for hydroxylation is 2. The summed E-state index contributed by atoms with van der Waals surface area (Å²) in [7, 11) is 0. The maximum atomic E-state index is 12.9. The summed E-state index contributed by atoms with van der Waals surface area (Å²) >= 11 is 0. The highest BCUT2D eigenvalue weighted by Gasteiger charge is 2.39. The monoisotopic (exact) mass is 396 g/mol. The molecule has 2 aliphatic rings. The molecule has 6 nitrogen and oxygen atoms in total. The van der Waals surface area contributed by atoms with Crippen molar-refractivity contribution in [3.05, 3.63) is 94.0 Å². The zero-order valence-corrected chi connectivity index (χ0v) is 16.3. The Bertz CT molecular complexity index is 1210. The second-order valence-electron chi connectivity index (χ2n) is 7.51. The lowest BCUT2D eigenvalue weighted by Gasteiger charge is -2.18. The van der Waals surface area contributed by atoms with Crippen molar-refractivity contribution in [3.63, 3.8) is 0 Å². The fraction of sp³-hybridized carbons (Fsp3) is 0.0833. The van der Waals surface area contributed by atoms with Crippen LogP contribution in [0.2, 0.25) is 0 Å². The van der Waals surface area contributed by atoms with Crippen molar-refractivity contribution in [2.45, 2.75) is 13.8 Å². The highest BCUT2D eigenvalue weighted by molar-refractivity contribution is 6.36. The van der Waals surface area contributed by atoms with Crippen molar-refractivity contribution < 1.29 is 19.2 Å². The Hall–Kier alpha value is -4.06. The van der Waals surface area contributed by atoms with Gasteiger partial charge in [0.15, 0.2) is 0 Å². The van der Waals surface area contributed by atoms with E-state index in [1.807, 2.05) is 13.8 Å². The predicted octanol–water partition coefficient (Wildman–Crippen LogP) is 3.90. The smallest absolute Gasteiger partial charge is 0.266 e. The lowest BCUT2D eigenvalue weighted by atomic mass is 10.1. The van der Waals surface area contributed by atoms with Gasteiger partial charge in [-0.25, -0.2) is 9.80 Å². The van der Waals surface area contributed by atoms with Crippen LogP contribution in [-0.2, 0) is 0 Å². The molecule has 0 aromatic heterocycles. The van der Waals surface area contributed by atoms with Gasteiger partial charge >= 0.3 is 0 Å². The number of amides is 4. The predicted molar refractivity (Wildman–Crippen MR) is 111 cm³/mol. The van der Waals surface area contributed by atoms with Crippen LogP contribution in [0, 0.1) is 13.8 Å². The highest BCUT2D eigenvalue weighted by Crippen LogP contribution is 2.34. The third-order valence-electron chi connectivity index (χ3n) is 5.43. The fourth-order valence-electron chi connectivity index (χ4n) is 3.95. The van der Waals surface area contributed by atoms with E-state index in [1.54, 1.807) is 54.6 Å². The zero-order valence-electron chi connectivity index (χ0n) is 16.3. The van der Waals surface area contributed by atoms with Crippen LogP contribution < -0.4 is 9.80 Å². The van der Waals surface area contributed by atoms with Gasteiger partial charge < -0.3 is 0 Å². The van der Waals surface area contributed by atoms with Crippen LogP contribution in [-0.4, -0.2) is 23.6 Å². The number of carbonyl (C=O) groups excluding carboxylic acids is 4. The summed E-state index contributed by atoms with van der Waals surface area (Å²) in [5.41, 5.74) is 3.76. The summed E-state index contributed by atoms with van der Waals surface area (Å²) in [5.74, 6) is -1.70. The van der Waals surface area contributed by atoms with E-state index < -0.39 is 23.6 Å². The lowest BCUT2D eigenvalue weighted by Crippen LogP contribution is -2.31. The van der Waals surface area contributed by atoms with Crippen LogP contribution in [0.1, 0.15) is 52.6 Å². The average molecular weight is 396 g/mol. The molecule has 30 heavy (non-hydrogen) atoms. The van der Waals surface area contributed by atoms with Gasteiger partial charge in [0, 0.05) is 0 Å². The van der Waals surface area contributed by atoms with Crippen LogP contribution in [0.25, 0.3) is 0 Å². The van der Waals surface area contributed by atoms with Gasteiger partial charge in [-0.3, -0.25) is 19.2 Å². The first-order valence-electron chi connectivity index (χ1n) is 9.46. The third-order valence-corrected chi connectivity index (χ3v) is 5.43. The summed E-state index contributed by atoms with van der Waals surface area (Å²) in [6.07, 6.45) is 0. The summed E-state index contributed by atoms with van der Waals surface area (Å²) in [5, 5.41) is 0. The molecule has 5 rings (SSSR count). The van der Waals surface area contributed by atoms with E-state index >= 15 is 0 Å². The Morgan fingerprint density at radius 1 is 0.500 bits per heavy atom. The number of imide groups is 2. The summed E-state index contributed by atoms with van der Waals surface area (Å²) in [6, 6.07) is 16.6. The normalized spacial score (nSPS) is 15.1. The number of benzene rings is 3. The number of hydrogen-bond donors (Lipinski definition) is 0. The highest BCUT2D eigenvalue weighted by atomic mass is 16.2. The molecule has 0 saturated carbocycles. The van der Waals surface area contributed by atoms with Crippen molar-refractivity contribution in [2.24, 2.45) is 0 Å². The van der Waals surface area contributed by atoms with Crippen LogP contribution in [0.3, 0.4) is 0 Å². The SMILES string of the molecule is Cc1ccc2c(c1)C(=O)N(c1cccc(N3C(=O)c4ccc(C)cc4C3=O)c1)C2=O. The number of rotatable bonds is 2. The van der Waals surface area contributed by atoms with Crippen molar-refractivity contribution in [3.8, 4) is 0 Å². The van der Waals surface area contributed by atoms with Gasteiger partial charge in [-0.05, 0) is 56.3 Å². The molecular weight excluding hydrogens is 380 g/mol. The second kappa shape index (κ2) is 6.22. The zero-order chi connectivity index (χ0) is 21.2. The Kier molecular flexibility index (Phi) is 3.73. The Balaban J connectivity index is 1.55. The molecule has 0 saturated heterocycles.